The van der Waals surface area contributed by atoms with Crippen LogP contribution in [0.2, 0.25) is 0 Å². The summed E-state index contributed by atoms with van der Waals surface area (Å²) >= 11 is 0. The van der Waals surface area contributed by atoms with Gasteiger partial charge in [-0.1, -0.05) is 18.6 Å². The highest BCUT2D eigenvalue weighted by atomic mass is 16.6. The molecule has 144 valence electrons. The summed E-state index contributed by atoms with van der Waals surface area (Å²) in [5, 5.41) is 14.8. The van der Waals surface area contributed by atoms with Gasteiger partial charge in [-0.3, -0.25) is 4.79 Å². The van der Waals surface area contributed by atoms with Gasteiger partial charge in [0.2, 0.25) is 0 Å². The van der Waals surface area contributed by atoms with Crippen LogP contribution in [0.1, 0.15) is 58.8 Å². The van der Waals surface area contributed by atoms with Crippen LogP contribution < -0.4 is 5.32 Å². The topological polar surface area (TPSA) is 58.6 Å². The Kier molecular flexibility index (Phi) is 3.70. The first kappa shape index (κ1) is 17.2. The zero-order valence-corrected chi connectivity index (χ0v) is 16.3. The number of aliphatic hydroxyl groups excluding tert-OH is 1. The lowest BCUT2D eigenvalue weighted by Crippen LogP contribution is -2.58. The van der Waals surface area contributed by atoms with Gasteiger partial charge >= 0.3 is 5.97 Å². The molecule has 0 radical (unpaired) electrons. The summed E-state index contributed by atoms with van der Waals surface area (Å²) in [6.07, 6.45) is 9.44. The number of nitrogens with one attached hydrogen (secondary N) is 1. The number of aliphatic hydroxyl groups is 1. The molecular weight excluding hydrogens is 326 g/mol. The molecule has 4 heteroatoms. The fourth-order valence-corrected chi connectivity index (χ4v) is 8.12. The molecule has 5 rings (SSSR count). The van der Waals surface area contributed by atoms with Gasteiger partial charge in [0.15, 0.2) is 0 Å². The Morgan fingerprint density at radius 3 is 2.81 bits per heavy atom. The van der Waals surface area contributed by atoms with Crippen LogP contribution in [0.25, 0.3) is 0 Å². The second-order valence-corrected chi connectivity index (χ2v) is 10.0. The summed E-state index contributed by atoms with van der Waals surface area (Å²) in [7, 11) is 2.06. The molecule has 2 N–H and O–H groups in total. The first-order valence-corrected chi connectivity index (χ1v) is 10.7. The lowest BCUT2D eigenvalue weighted by atomic mass is 9.46. The lowest BCUT2D eigenvalue weighted by Gasteiger charge is -2.58. The van der Waals surface area contributed by atoms with Crippen molar-refractivity contribution in [2.24, 2.45) is 34.5 Å². The molecule has 26 heavy (non-hydrogen) atoms. The monoisotopic (exact) mass is 359 g/mol. The number of esters is 1. The summed E-state index contributed by atoms with van der Waals surface area (Å²) in [6, 6.07) is 0.569. The number of fused-ring (bicyclic) bond motifs is 4. The van der Waals surface area contributed by atoms with Crippen molar-refractivity contribution in [1.29, 1.82) is 0 Å². The van der Waals surface area contributed by atoms with E-state index in [-0.39, 0.29) is 23.6 Å². The van der Waals surface area contributed by atoms with Crippen molar-refractivity contribution in [2.45, 2.75) is 77.0 Å². The summed E-state index contributed by atoms with van der Waals surface area (Å²) in [6.45, 7) is 4.45. The zero-order chi connectivity index (χ0) is 18.3. The predicted molar refractivity (Wildman–Crippen MR) is 99.3 cm³/mol. The minimum absolute atomic E-state index is 0.00572. The zero-order valence-electron chi connectivity index (χ0n) is 16.3. The molecule has 0 bridgehead atoms. The van der Waals surface area contributed by atoms with E-state index in [2.05, 4.69) is 32.3 Å². The quantitative estimate of drug-likeness (QED) is 0.558. The Bertz CT molecular complexity index is 660. The highest BCUT2D eigenvalue weighted by Crippen LogP contribution is 2.68. The number of cyclic esters (lactones) is 1. The van der Waals surface area contributed by atoms with Crippen LogP contribution in [0.3, 0.4) is 0 Å². The smallest absolute Gasteiger partial charge is 0.313 e. The number of ether oxygens (including phenoxy) is 1. The van der Waals surface area contributed by atoms with Gasteiger partial charge in [-0.15, -0.1) is 0 Å². The number of hydrogen-bond donors (Lipinski definition) is 2. The van der Waals surface area contributed by atoms with Crippen molar-refractivity contribution < 1.29 is 14.6 Å². The minimum atomic E-state index is -0.399. The van der Waals surface area contributed by atoms with E-state index in [1.807, 2.05) is 0 Å². The minimum Gasteiger partial charge on any atom is -0.462 e. The van der Waals surface area contributed by atoms with Crippen molar-refractivity contribution >= 4 is 5.97 Å². The van der Waals surface area contributed by atoms with Crippen LogP contribution >= 0.6 is 0 Å². The SMILES string of the molecule is CN[C@H]1CC[C@@]2(C)C(=CC[C@@H]3[C@@H]2[C@H](O)C[C@]24C(=O)O[C@@H](C)[C@H]2CC[C@@H]34)C1. The van der Waals surface area contributed by atoms with Gasteiger partial charge < -0.3 is 15.2 Å². The summed E-state index contributed by atoms with van der Waals surface area (Å²) in [4.78, 5) is 12.9. The fourth-order valence-electron chi connectivity index (χ4n) is 8.12. The molecule has 1 heterocycles. The van der Waals surface area contributed by atoms with Crippen LogP contribution in [-0.2, 0) is 9.53 Å². The third kappa shape index (κ3) is 1.95. The van der Waals surface area contributed by atoms with Crippen LogP contribution in [0.4, 0.5) is 0 Å². The molecule has 0 amide bonds. The largest absolute Gasteiger partial charge is 0.462 e. The van der Waals surface area contributed by atoms with Crippen molar-refractivity contribution in [1.82, 2.24) is 5.32 Å². The van der Waals surface area contributed by atoms with Crippen molar-refractivity contribution in [3.05, 3.63) is 11.6 Å². The molecule has 0 aromatic rings. The molecule has 1 saturated heterocycles. The number of hydrogen-bond acceptors (Lipinski definition) is 4. The van der Waals surface area contributed by atoms with Gasteiger partial charge in [0, 0.05) is 12.0 Å². The average molecular weight is 360 g/mol. The van der Waals surface area contributed by atoms with Gasteiger partial charge in [-0.05, 0) is 82.1 Å². The maximum absolute atomic E-state index is 12.9. The highest BCUT2D eigenvalue weighted by molar-refractivity contribution is 5.81. The first-order chi connectivity index (χ1) is 12.4. The molecule has 0 aromatic heterocycles. The Hall–Kier alpha value is -0.870. The molecule has 5 aliphatic rings. The van der Waals surface area contributed by atoms with E-state index in [1.165, 1.54) is 6.42 Å². The van der Waals surface area contributed by atoms with E-state index in [9.17, 15) is 9.90 Å². The van der Waals surface area contributed by atoms with E-state index >= 15 is 0 Å². The highest BCUT2D eigenvalue weighted by Gasteiger charge is 2.70. The molecule has 1 aliphatic heterocycles. The van der Waals surface area contributed by atoms with Gasteiger partial charge in [0.25, 0.3) is 0 Å². The van der Waals surface area contributed by atoms with Gasteiger partial charge in [0.05, 0.1) is 11.5 Å². The number of carbonyl (C=O) groups excluding carboxylic acids is 1. The van der Waals surface area contributed by atoms with Crippen LogP contribution in [0, 0.1) is 34.5 Å². The van der Waals surface area contributed by atoms with Crippen LogP contribution in [0.15, 0.2) is 11.6 Å². The van der Waals surface area contributed by atoms with E-state index in [0.717, 1.165) is 32.1 Å². The van der Waals surface area contributed by atoms with E-state index in [4.69, 9.17) is 4.74 Å². The van der Waals surface area contributed by atoms with Gasteiger partial charge in [-0.25, -0.2) is 0 Å². The fraction of sp³-hybridized carbons (Fsp3) is 0.864. The normalized spacial score (nSPS) is 55.3. The number of allylic oxidation sites excluding steroid dienone is 1. The molecule has 3 saturated carbocycles. The van der Waals surface area contributed by atoms with E-state index < -0.39 is 5.41 Å². The maximum atomic E-state index is 12.9. The molecular formula is C22H33NO3. The van der Waals surface area contributed by atoms with Crippen LogP contribution in [-0.4, -0.2) is 36.4 Å². The number of rotatable bonds is 1. The van der Waals surface area contributed by atoms with Crippen LogP contribution in [0.5, 0.6) is 0 Å². The summed E-state index contributed by atoms with van der Waals surface area (Å²) in [5.74, 6) is 1.44. The Morgan fingerprint density at radius 1 is 1.27 bits per heavy atom. The number of carbonyl (C=O) groups is 1. The second-order valence-electron chi connectivity index (χ2n) is 10.0. The van der Waals surface area contributed by atoms with Crippen molar-refractivity contribution in [3.8, 4) is 0 Å². The molecule has 4 nitrogen and oxygen atoms in total. The average Bonchev–Trinajstić information content (AvgIpc) is 3.10. The third-order valence-corrected chi connectivity index (χ3v) is 9.28. The van der Waals surface area contributed by atoms with Gasteiger partial charge in [0.1, 0.15) is 6.10 Å². The summed E-state index contributed by atoms with van der Waals surface area (Å²) in [5.41, 5.74) is 1.25. The molecule has 0 unspecified atom stereocenters. The van der Waals surface area contributed by atoms with Crippen molar-refractivity contribution in [2.75, 3.05) is 7.05 Å². The Morgan fingerprint density at radius 2 is 2.04 bits per heavy atom. The van der Waals surface area contributed by atoms with Gasteiger partial charge in [-0.2, -0.15) is 0 Å². The predicted octanol–water partition coefficient (Wildman–Crippen LogP) is 3.05. The standard InChI is InChI=1S/C22H33NO3/c1-12-16-6-7-17-15-5-4-13-10-14(23-3)8-9-21(13,2)19(15)18(24)11-22(16,17)20(25)26-12/h4,12,14-19,23-24H,5-11H2,1-3H3/t12-,14-,15-,16+,17-,18+,19+,21-,22-/m0/s1. The Balaban J connectivity index is 1.54. The van der Waals surface area contributed by atoms with Crippen molar-refractivity contribution in [3.63, 3.8) is 0 Å². The second kappa shape index (κ2) is 5.57. The lowest BCUT2D eigenvalue weighted by molar-refractivity contribution is -0.166. The molecule has 4 fully saturated rings. The molecule has 4 aliphatic carbocycles. The molecule has 0 aromatic carbocycles. The van der Waals surface area contributed by atoms with E-state index in [0.29, 0.717) is 36.1 Å². The Labute approximate surface area is 156 Å². The summed E-state index contributed by atoms with van der Waals surface area (Å²) < 4.78 is 5.70. The first-order valence-electron chi connectivity index (χ1n) is 10.7. The van der Waals surface area contributed by atoms with E-state index in [1.54, 1.807) is 5.57 Å². The maximum Gasteiger partial charge on any atom is 0.313 e. The third-order valence-electron chi connectivity index (χ3n) is 9.28. The molecule has 9 atom stereocenters. The molecule has 1 spiro atoms.